The van der Waals surface area contributed by atoms with E-state index >= 15 is 0 Å². The Bertz CT molecular complexity index is 676. The monoisotopic (exact) mass is 326 g/mol. The molecular weight excluding hydrogens is 300 g/mol. The van der Waals surface area contributed by atoms with Gasteiger partial charge in [-0.1, -0.05) is 36.4 Å². The molecule has 0 saturated heterocycles. The molecule has 0 amide bonds. The van der Waals surface area contributed by atoms with Crippen LogP contribution in [-0.4, -0.2) is 24.5 Å². The fraction of sp³-hybridized carbons (Fsp3) is 0.316. The molecule has 0 radical (unpaired) electrons. The standard InChI is InChI=1S/C19H26N4O/c1-15(2)11-21-19(20)22-12-16-7-4-5-8-17(16)13-23(3)14-18-9-6-10-24-18/h4-10H,1,11-14H2,2-3H3,(H3,20,21,22). The molecule has 128 valence electrons. The van der Waals surface area contributed by atoms with Crippen LogP contribution in [0.3, 0.4) is 0 Å². The van der Waals surface area contributed by atoms with Gasteiger partial charge in [-0.15, -0.1) is 0 Å². The summed E-state index contributed by atoms with van der Waals surface area (Å²) in [7, 11) is 2.07. The lowest BCUT2D eigenvalue weighted by Gasteiger charge is -2.17. The van der Waals surface area contributed by atoms with Crippen molar-refractivity contribution in [2.45, 2.75) is 26.6 Å². The van der Waals surface area contributed by atoms with Crippen LogP contribution in [0.2, 0.25) is 0 Å². The predicted molar refractivity (Wildman–Crippen MR) is 98.5 cm³/mol. The van der Waals surface area contributed by atoms with Crippen molar-refractivity contribution in [2.24, 2.45) is 10.7 Å². The van der Waals surface area contributed by atoms with Crippen LogP contribution in [0.5, 0.6) is 0 Å². The fourth-order valence-electron chi connectivity index (χ4n) is 2.35. The molecule has 3 N–H and O–H groups in total. The van der Waals surface area contributed by atoms with Gasteiger partial charge < -0.3 is 15.5 Å². The van der Waals surface area contributed by atoms with Gasteiger partial charge in [0.1, 0.15) is 5.76 Å². The molecule has 1 heterocycles. The van der Waals surface area contributed by atoms with Crippen LogP contribution < -0.4 is 11.1 Å². The number of rotatable bonds is 8. The highest BCUT2D eigenvalue weighted by Crippen LogP contribution is 2.14. The third-order valence-corrected chi connectivity index (χ3v) is 3.56. The van der Waals surface area contributed by atoms with Crippen molar-refractivity contribution in [2.75, 3.05) is 13.6 Å². The summed E-state index contributed by atoms with van der Waals surface area (Å²) in [5.41, 5.74) is 9.32. The molecule has 5 heteroatoms. The molecule has 2 rings (SSSR count). The van der Waals surface area contributed by atoms with Crippen molar-refractivity contribution >= 4 is 5.96 Å². The summed E-state index contributed by atoms with van der Waals surface area (Å²) in [6.45, 7) is 8.58. The molecule has 0 aliphatic heterocycles. The van der Waals surface area contributed by atoms with E-state index in [4.69, 9.17) is 10.2 Å². The molecule has 0 saturated carbocycles. The fourth-order valence-corrected chi connectivity index (χ4v) is 2.35. The summed E-state index contributed by atoms with van der Waals surface area (Å²) in [4.78, 5) is 6.63. The average molecular weight is 326 g/mol. The van der Waals surface area contributed by atoms with Gasteiger partial charge in [-0.3, -0.25) is 4.90 Å². The molecule has 1 aromatic heterocycles. The minimum Gasteiger partial charge on any atom is -0.468 e. The van der Waals surface area contributed by atoms with Crippen molar-refractivity contribution in [1.29, 1.82) is 0 Å². The number of guanidine groups is 1. The van der Waals surface area contributed by atoms with E-state index in [9.17, 15) is 0 Å². The first-order valence-corrected chi connectivity index (χ1v) is 8.00. The molecular formula is C19H26N4O. The maximum atomic E-state index is 5.89. The van der Waals surface area contributed by atoms with Gasteiger partial charge in [0.05, 0.1) is 19.4 Å². The minimum absolute atomic E-state index is 0.441. The zero-order valence-electron chi connectivity index (χ0n) is 14.5. The topological polar surface area (TPSA) is 66.8 Å². The van der Waals surface area contributed by atoms with Gasteiger partial charge in [-0.05, 0) is 37.2 Å². The Balaban J connectivity index is 1.96. The van der Waals surface area contributed by atoms with Crippen LogP contribution in [0.4, 0.5) is 0 Å². The Morgan fingerprint density at radius 1 is 1.21 bits per heavy atom. The Labute approximate surface area is 143 Å². The number of benzene rings is 1. The first-order chi connectivity index (χ1) is 11.5. The lowest BCUT2D eigenvalue weighted by atomic mass is 10.1. The molecule has 0 fully saturated rings. The van der Waals surface area contributed by atoms with Crippen LogP contribution >= 0.6 is 0 Å². The van der Waals surface area contributed by atoms with Crippen LogP contribution in [0.15, 0.2) is 64.2 Å². The van der Waals surface area contributed by atoms with Crippen molar-refractivity contribution in [3.63, 3.8) is 0 Å². The quantitative estimate of drug-likeness (QED) is 0.445. The normalized spacial score (nSPS) is 11.7. The molecule has 0 spiro atoms. The Morgan fingerprint density at radius 2 is 1.96 bits per heavy atom. The molecule has 0 aliphatic carbocycles. The van der Waals surface area contributed by atoms with E-state index in [-0.39, 0.29) is 0 Å². The summed E-state index contributed by atoms with van der Waals surface area (Å²) in [6.07, 6.45) is 1.70. The van der Waals surface area contributed by atoms with Gasteiger partial charge >= 0.3 is 0 Å². The number of nitrogens with two attached hydrogens (primary N) is 1. The summed E-state index contributed by atoms with van der Waals surface area (Å²) in [5.74, 6) is 1.40. The van der Waals surface area contributed by atoms with Crippen molar-refractivity contribution in [3.8, 4) is 0 Å². The number of hydrogen-bond donors (Lipinski definition) is 2. The summed E-state index contributed by atoms with van der Waals surface area (Å²) >= 11 is 0. The lowest BCUT2D eigenvalue weighted by Crippen LogP contribution is -2.32. The summed E-state index contributed by atoms with van der Waals surface area (Å²) < 4.78 is 5.40. The van der Waals surface area contributed by atoms with Gasteiger partial charge in [0, 0.05) is 13.1 Å². The zero-order valence-corrected chi connectivity index (χ0v) is 14.5. The highest BCUT2D eigenvalue weighted by Gasteiger charge is 2.07. The van der Waals surface area contributed by atoms with E-state index in [2.05, 4.69) is 41.0 Å². The minimum atomic E-state index is 0.441. The van der Waals surface area contributed by atoms with Gasteiger partial charge in [0.15, 0.2) is 5.96 Å². The molecule has 1 aromatic carbocycles. The highest BCUT2D eigenvalue weighted by molar-refractivity contribution is 5.78. The van der Waals surface area contributed by atoms with Gasteiger partial charge in [0.2, 0.25) is 0 Å². The van der Waals surface area contributed by atoms with Gasteiger partial charge in [-0.25, -0.2) is 4.99 Å². The summed E-state index contributed by atoms with van der Waals surface area (Å²) in [5, 5.41) is 3.05. The lowest BCUT2D eigenvalue weighted by molar-refractivity contribution is 0.287. The van der Waals surface area contributed by atoms with E-state index in [0.717, 1.165) is 24.4 Å². The molecule has 24 heavy (non-hydrogen) atoms. The van der Waals surface area contributed by atoms with E-state index in [0.29, 0.717) is 19.0 Å². The molecule has 5 nitrogen and oxygen atoms in total. The number of nitrogens with zero attached hydrogens (tertiary/aromatic N) is 2. The molecule has 2 aromatic rings. The van der Waals surface area contributed by atoms with E-state index in [1.54, 1.807) is 6.26 Å². The average Bonchev–Trinajstić information content (AvgIpc) is 3.04. The maximum absolute atomic E-state index is 5.89. The molecule has 0 unspecified atom stereocenters. The van der Waals surface area contributed by atoms with Crippen LogP contribution in [0.25, 0.3) is 0 Å². The first-order valence-electron chi connectivity index (χ1n) is 8.00. The number of nitrogens with one attached hydrogen (secondary N) is 1. The third kappa shape index (κ3) is 5.93. The number of furan rings is 1. The van der Waals surface area contributed by atoms with Crippen LogP contribution in [0.1, 0.15) is 23.8 Å². The largest absolute Gasteiger partial charge is 0.468 e. The maximum Gasteiger partial charge on any atom is 0.189 e. The first kappa shape index (κ1) is 17.8. The highest BCUT2D eigenvalue weighted by atomic mass is 16.3. The number of hydrogen-bond acceptors (Lipinski definition) is 3. The molecule has 0 atom stereocenters. The second-order valence-electron chi connectivity index (χ2n) is 6.03. The second-order valence-corrected chi connectivity index (χ2v) is 6.03. The Hall–Kier alpha value is -2.53. The van der Waals surface area contributed by atoms with E-state index < -0.39 is 0 Å². The van der Waals surface area contributed by atoms with E-state index in [1.807, 2.05) is 31.2 Å². The molecule has 0 bridgehead atoms. The summed E-state index contributed by atoms with van der Waals surface area (Å²) in [6, 6.07) is 12.2. The second kappa shape index (κ2) is 8.93. The van der Waals surface area contributed by atoms with Crippen LogP contribution in [-0.2, 0) is 19.6 Å². The number of aliphatic imine (C=N–C) groups is 1. The van der Waals surface area contributed by atoms with Gasteiger partial charge in [-0.2, -0.15) is 0 Å². The molecule has 0 aliphatic rings. The predicted octanol–water partition coefficient (Wildman–Crippen LogP) is 2.89. The van der Waals surface area contributed by atoms with Crippen molar-refractivity contribution < 1.29 is 4.42 Å². The SMILES string of the molecule is C=C(C)CNC(N)=NCc1ccccc1CN(C)Cc1ccco1. The van der Waals surface area contributed by atoms with Crippen molar-refractivity contribution in [1.82, 2.24) is 10.2 Å². The van der Waals surface area contributed by atoms with Crippen molar-refractivity contribution in [3.05, 3.63) is 71.7 Å². The Morgan fingerprint density at radius 3 is 2.62 bits per heavy atom. The Kier molecular flexibility index (Phi) is 6.63. The zero-order chi connectivity index (χ0) is 17.4. The van der Waals surface area contributed by atoms with E-state index in [1.165, 1.54) is 11.1 Å². The third-order valence-electron chi connectivity index (χ3n) is 3.56. The van der Waals surface area contributed by atoms with Gasteiger partial charge in [0.25, 0.3) is 0 Å². The van der Waals surface area contributed by atoms with Crippen LogP contribution in [0, 0.1) is 0 Å². The smallest absolute Gasteiger partial charge is 0.189 e.